The molecule has 1 heterocycles. The van der Waals surface area contributed by atoms with E-state index in [1.165, 1.54) is 0 Å². The summed E-state index contributed by atoms with van der Waals surface area (Å²) in [4.78, 5) is 26.8. The number of ether oxygens (including phenoxy) is 2. The highest BCUT2D eigenvalue weighted by atomic mass is 79.9. The largest absolute Gasteiger partial charge is 0.496 e. The maximum atomic E-state index is 12.6. The lowest BCUT2D eigenvalue weighted by atomic mass is 10.1. The second-order valence-electron chi connectivity index (χ2n) is 6.24. The molecule has 2 aromatic rings. The van der Waals surface area contributed by atoms with Crippen LogP contribution in [0.4, 0.5) is 5.69 Å². The molecule has 29 heavy (non-hydrogen) atoms. The predicted octanol–water partition coefficient (Wildman–Crippen LogP) is 3.06. The lowest BCUT2D eigenvalue weighted by Crippen LogP contribution is -2.40. The Morgan fingerprint density at radius 1 is 1.14 bits per heavy atom. The van der Waals surface area contributed by atoms with Crippen LogP contribution >= 0.6 is 28.1 Å². The van der Waals surface area contributed by atoms with Crippen molar-refractivity contribution in [3.05, 3.63) is 58.1 Å². The van der Waals surface area contributed by atoms with Crippen molar-refractivity contribution >= 4 is 50.8 Å². The van der Waals surface area contributed by atoms with Crippen LogP contribution in [0.25, 0.3) is 0 Å². The minimum absolute atomic E-state index is 0.0602. The van der Waals surface area contributed by atoms with E-state index in [4.69, 9.17) is 21.7 Å². The van der Waals surface area contributed by atoms with Crippen molar-refractivity contribution in [3.8, 4) is 5.75 Å². The maximum Gasteiger partial charge on any atom is 0.257 e. The van der Waals surface area contributed by atoms with Crippen LogP contribution in [0, 0.1) is 0 Å². The van der Waals surface area contributed by atoms with Crippen LogP contribution in [-0.2, 0) is 4.74 Å². The summed E-state index contributed by atoms with van der Waals surface area (Å²) in [5, 5.41) is 5.71. The van der Waals surface area contributed by atoms with Gasteiger partial charge in [-0.25, -0.2) is 0 Å². The van der Waals surface area contributed by atoms with Crippen molar-refractivity contribution in [2.24, 2.45) is 0 Å². The number of hydrogen-bond donors (Lipinski definition) is 2. The zero-order valence-corrected chi connectivity index (χ0v) is 18.1. The molecule has 0 aromatic heterocycles. The molecule has 1 aliphatic heterocycles. The normalized spacial score (nSPS) is 13.5. The minimum Gasteiger partial charge on any atom is -0.496 e. The number of rotatable bonds is 4. The van der Waals surface area contributed by atoms with Crippen LogP contribution in [0.3, 0.4) is 0 Å². The van der Waals surface area contributed by atoms with E-state index in [9.17, 15) is 9.59 Å². The number of hydrogen-bond acceptors (Lipinski definition) is 5. The molecule has 0 saturated carbocycles. The first kappa shape index (κ1) is 21.2. The average Bonchev–Trinajstić information content (AvgIpc) is 2.73. The number of carbonyl (C=O) groups excluding carboxylic acids is 2. The Morgan fingerprint density at radius 3 is 2.59 bits per heavy atom. The highest BCUT2D eigenvalue weighted by molar-refractivity contribution is 9.10. The van der Waals surface area contributed by atoms with Gasteiger partial charge in [-0.05, 0) is 64.5 Å². The van der Waals surface area contributed by atoms with E-state index in [0.717, 1.165) is 0 Å². The summed E-state index contributed by atoms with van der Waals surface area (Å²) in [6.07, 6.45) is 0. The van der Waals surface area contributed by atoms with Gasteiger partial charge in [0.05, 0.1) is 24.8 Å². The molecule has 0 unspecified atom stereocenters. The Balaban J connectivity index is 1.62. The van der Waals surface area contributed by atoms with E-state index in [1.54, 1.807) is 54.5 Å². The van der Waals surface area contributed by atoms with Crippen molar-refractivity contribution in [2.75, 3.05) is 38.7 Å². The molecule has 0 radical (unpaired) electrons. The van der Waals surface area contributed by atoms with Crippen LogP contribution in [-0.4, -0.2) is 55.2 Å². The van der Waals surface area contributed by atoms with Gasteiger partial charge in [-0.3, -0.25) is 14.9 Å². The molecule has 2 aromatic carbocycles. The Morgan fingerprint density at radius 2 is 1.90 bits per heavy atom. The second kappa shape index (κ2) is 9.82. The minimum atomic E-state index is -0.355. The van der Waals surface area contributed by atoms with Crippen molar-refractivity contribution in [2.45, 2.75) is 0 Å². The number of morpholine rings is 1. The molecular formula is C20H20BrN3O4S. The van der Waals surface area contributed by atoms with Gasteiger partial charge in [-0.1, -0.05) is 6.07 Å². The smallest absolute Gasteiger partial charge is 0.257 e. The van der Waals surface area contributed by atoms with Gasteiger partial charge in [-0.15, -0.1) is 0 Å². The SMILES string of the molecule is COc1ccc(C(=O)NC(=S)Nc2cccc(C(=O)N3CCOCC3)c2)cc1Br. The Labute approximate surface area is 182 Å². The summed E-state index contributed by atoms with van der Waals surface area (Å²) in [6, 6.07) is 12.0. The molecule has 2 amide bonds. The fourth-order valence-corrected chi connectivity index (χ4v) is 3.58. The number of amides is 2. The standard InChI is InChI=1S/C20H20BrN3O4S/c1-27-17-6-5-13(12-16(17)21)18(25)23-20(29)22-15-4-2-3-14(11-15)19(26)24-7-9-28-10-8-24/h2-6,11-12H,7-10H2,1H3,(H2,22,23,25,29). The van der Waals surface area contributed by atoms with Crippen LogP contribution in [0.5, 0.6) is 5.75 Å². The molecule has 9 heteroatoms. The van der Waals surface area contributed by atoms with Crippen molar-refractivity contribution in [3.63, 3.8) is 0 Å². The van der Waals surface area contributed by atoms with Crippen molar-refractivity contribution < 1.29 is 19.1 Å². The third-order valence-corrected chi connectivity index (χ3v) is 5.13. The van der Waals surface area contributed by atoms with Crippen LogP contribution in [0.1, 0.15) is 20.7 Å². The summed E-state index contributed by atoms with van der Waals surface area (Å²) in [5.41, 5.74) is 1.59. The van der Waals surface area contributed by atoms with Crippen molar-refractivity contribution in [1.29, 1.82) is 0 Å². The monoisotopic (exact) mass is 477 g/mol. The van der Waals surface area contributed by atoms with Gasteiger partial charge < -0.3 is 19.7 Å². The Kier molecular flexibility index (Phi) is 7.18. The van der Waals surface area contributed by atoms with Gasteiger partial charge in [0.25, 0.3) is 11.8 Å². The number of methoxy groups -OCH3 is 1. The molecule has 1 saturated heterocycles. The number of anilines is 1. The Bertz CT molecular complexity index is 932. The second-order valence-corrected chi connectivity index (χ2v) is 7.51. The van der Waals surface area contributed by atoms with E-state index in [0.29, 0.717) is 53.3 Å². The molecular weight excluding hydrogens is 458 g/mol. The third kappa shape index (κ3) is 5.53. The summed E-state index contributed by atoms with van der Waals surface area (Å²) < 4.78 is 11.1. The first-order valence-corrected chi connectivity index (χ1v) is 10.1. The molecule has 3 rings (SSSR count). The fraction of sp³-hybridized carbons (Fsp3) is 0.250. The number of carbonyl (C=O) groups is 2. The molecule has 152 valence electrons. The summed E-state index contributed by atoms with van der Waals surface area (Å²) in [7, 11) is 1.55. The van der Waals surface area contributed by atoms with Gasteiger partial charge >= 0.3 is 0 Å². The van der Waals surface area contributed by atoms with Crippen LogP contribution in [0.15, 0.2) is 46.9 Å². The van der Waals surface area contributed by atoms with Crippen LogP contribution < -0.4 is 15.4 Å². The lowest BCUT2D eigenvalue weighted by Gasteiger charge is -2.27. The Hall–Kier alpha value is -2.49. The zero-order chi connectivity index (χ0) is 20.8. The van der Waals surface area contributed by atoms with E-state index < -0.39 is 0 Å². The quantitative estimate of drug-likeness (QED) is 0.658. The first-order chi connectivity index (χ1) is 14.0. The molecule has 0 spiro atoms. The van der Waals surface area contributed by atoms with Gasteiger partial charge in [0.1, 0.15) is 5.75 Å². The molecule has 0 atom stereocenters. The zero-order valence-electron chi connectivity index (χ0n) is 15.7. The molecule has 7 nitrogen and oxygen atoms in total. The van der Waals surface area contributed by atoms with E-state index in [2.05, 4.69) is 26.6 Å². The van der Waals surface area contributed by atoms with Crippen LogP contribution in [0.2, 0.25) is 0 Å². The average molecular weight is 478 g/mol. The third-order valence-electron chi connectivity index (χ3n) is 4.31. The summed E-state index contributed by atoms with van der Waals surface area (Å²) in [5.74, 6) is 0.213. The molecule has 1 aliphatic rings. The highest BCUT2D eigenvalue weighted by Gasteiger charge is 2.19. The van der Waals surface area contributed by atoms with Gasteiger partial charge in [0.2, 0.25) is 0 Å². The first-order valence-electron chi connectivity index (χ1n) is 8.91. The maximum absolute atomic E-state index is 12.6. The summed E-state index contributed by atoms with van der Waals surface area (Å²) in [6.45, 7) is 2.23. The van der Waals surface area contributed by atoms with Crippen molar-refractivity contribution in [1.82, 2.24) is 10.2 Å². The number of thiocarbonyl (C=S) groups is 1. The number of benzene rings is 2. The fourth-order valence-electron chi connectivity index (χ4n) is 2.82. The molecule has 0 bridgehead atoms. The topological polar surface area (TPSA) is 79.9 Å². The summed E-state index contributed by atoms with van der Waals surface area (Å²) >= 11 is 8.59. The van der Waals surface area contributed by atoms with E-state index >= 15 is 0 Å². The van der Waals surface area contributed by atoms with Gasteiger partial charge in [-0.2, -0.15) is 0 Å². The van der Waals surface area contributed by atoms with E-state index in [-0.39, 0.29) is 16.9 Å². The molecule has 0 aliphatic carbocycles. The predicted molar refractivity (Wildman–Crippen MR) is 118 cm³/mol. The van der Waals surface area contributed by atoms with Gasteiger partial charge in [0, 0.05) is 29.9 Å². The lowest BCUT2D eigenvalue weighted by molar-refractivity contribution is 0.0303. The molecule has 2 N–H and O–H groups in total. The molecule has 1 fully saturated rings. The van der Waals surface area contributed by atoms with Gasteiger partial charge in [0.15, 0.2) is 5.11 Å². The van der Waals surface area contributed by atoms with E-state index in [1.807, 2.05) is 0 Å². The highest BCUT2D eigenvalue weighted by Crippen LogP contribution is 2.25. The number of halogens is 1. The number of nitrogens with one attached hydrogen (secondary N) is 2. The number of nitrogens with zero attached hydrogens (tertiary/aromatic N) is 1.